The van der Waals surface area contributed by atoms with Crippen LogP contribution in [-0.2, 0) is 9.47 Å². The van der Waals surface area contributed by atoms with Crippen molar-refractivity contribution in [3.8, 4) is 0 Å². The first kappa shape index (κ1) is 63.2. The maximum atomic E-state index is 7.02. The zero-order valence-electron chi connectivity index (χ0n) is 56.2. The fourth-order valence-electron chi connectivity index (χ4n) is 22.1. The van der Waals surface area contributed by atoms with Gasteiger partial charge in [-0.05, 0) is 270 Å². The molecule has 0 spiro atoms. The molecule has 0 aromatic carbocycles. The molecular weight excluding hydrogens is 1070 g/mol. The number of nitrogens with zero attached hydrogens (tertiary/aromatic N) is 2. The molecule has 4 nitrogen and oxygen atoms in total. The van der Waals surface area contributed by atoms with Gasteiger partial charge in [-0.15, -0.1) is 0 Å². The van der Waals surface area contributed by atoms with Gasteiger partial charge in [0, 0.05) is 40.9 Å². The van der Waals surface area contributed by atoms with Crippen molar-refractivity contribution in [1.82, 2.24) is 9.80 Å². The van der Waals surface area contributed by atoms with Crippen LogP contribution in [0.4, 0.5) is 0 Å². The molecule has 2 saturated carbocycles. The van der Waals surface area contributed by atoms with Gasteiger partial charge >= 0.3 is 0 Å². The van der Waals surface area contributed by atoms with E-state index >= 15 is 0 Å². The monoisotopic (exact) mass is 1190 g/mol. The van der Waals surface area contributed by atoms with E-state index in [1.165, 1.54) is 224 Å². The van der Waals surface area contributed by atoms with Crippen LogP contribution in [0, 0.1) is 64.6 Å². The summed E-state index contributed by atoms with van der Waals surface area (Å²) in [5.41, 5.74) is 12.5. The fourth-order valence-corrected chi connectivity index (χ4v) is 22.1. The van der Waals surface area contributed by atoms with Crippen LogP contribution in [0.5, 0.6) is 0 Å². The summed E-state index contributed by atoms with van der Waals surface area (Å²) in [6.07, 6.45) is 90.5. The predicted molar refractivity (Wildman–Crippen MR) is 370 cm³/mol. The van der Waals surface area contributed by atoms with E-state index in [4.69, 9.17) is 9.47 Å². The second kappa shape index (κ2) is 29.6. The van der Waals surface area contributed by atoms with Crippen molar-refractivity contribution in [2.75, 3.05) is 0 Å². The Morgan fingerprint density at radius 1 is 0.670 bits per heavy atom. The Bertz CT molecular complexity index is 2740. The van der Waals surface area contributed by atoms with Gasteiger partial charge in [0.05, 0.1) is 30.5 Å². The Morgan fingerprint density at radius 3 is 2.26 bits per heavy atom. The first-order valence-corrected chi connectivity index (χ1v) is 38.5. The lowest BCUT2D eigenvalue weighted by Crippen LogP contribution is -2.51. The molecule has 0 radical (unpaired) electrons. The molecule has 3 fully saturated rings. The first-order valence-electron chi connectivity index (χ1n) is 38.5. The van der Waals surface area contributed by atoms with E-state index < -0.39 is 0 Å². The molecule has 1 saturated heterocycles. The highest BCUT2D eigenvalue weighted by Crippen LogP contribution is 2.69. The molecule has 0 aromatic heterocycles. The summed E-state index contributed by atoms with van der Waals surface area (Å²) >= 11 is 0. The van der Waals surface area contributed by atoms with Gasteiger partial charge in [-0.25, -0.2) is 0 Å². The number of likely N-dealkylation sites (tertiary alicyclic amines) is 1. The van der Waals surface area contributed by atoms with Crippen molar-refractivity contribution >= 4 is 0 Å². The molecule has 13 rings (SSSR count). The quantitative estimate of drug-likeness (QED) is 0.0952. The third-order valence-electron chi connectivity index (χ3n) is 26.6. The third-order valence-corrected chi connectivity index (χ3v) is 26.6. The summed E-state index contributed by atoms with van der Waals surface area (Å²) < 4.78 is 13.8. The highest BCUT2D eigenvalue weighted by molar-refractivity contribution is 5.47. The van der Waals surface area contributed by atoms with Crippen LogP contribution in [0.3, 0.4) is 0 Å². The number of allylic oxidation sites excluding steroid dienone is 17. The average Bonchev–Trinajstić information content (AvgIpc) is 1.53. The van der Waals surface area contributed by atoms with Crippen molar-refractivity contribution in [3.05, 3.63) is 143 Å². The van der Waals surface area contributed by atoms with E-state index in [0.717, 1.165) is 60.8 Å². The largest absolute Gasteiger partial charge is 0.371 e. The Labute approximate surface area is 537 Å². The van der Waals surface area contributed by atoms with Crippen LogP contribution in [0.2, 0.25) is 0 Å². The van der Waals surface area contributed by atoms with Crippen molar-refractivity contribution in [2.45, 2.75) is 314 Å². The zero-order chi connectivity index (χ0) is 60.0. The first-order chi connectivity index (χ1) is 43.4. The summed E-state index contributed by atoms with van der Waals surface area (Å²) in [6.45, 7) is 13.5. The van der Waals surface area contributed by atoms with Gasteiger partial charge in [0.2, 0.25) is 0 Å². The molecule has 0 aromatic rings. The van der Waals surface area contributed by atoms with Gasteiger partial charge in [0.1, 0.15) is 0 Å². The lowest BCUT2D eigenvalue weighted by atomic mass is 9.52. The Hall–Kier alpha value is -3.60. The number of fused-ring (bicyclic) bond motifs is 5. The van der Waals surface area contributed by atoms with Crippen LogP contribution >= 0.6 is 0 Å². The molecule has 19 atom stereocenters. The molecule has 88 heavy (non-hydrogen) atoms. The molecule has 13 aliphatic rings. The summed E-state index contributed by atoms with van der Waals surface area (Å²) in [5.74, 6) is 7.41. The highest BCUT2D eigenvalue weighted by Gasteiger charge is 2.60. The average molecular weight is 1190 g/mol. The maximum absolute atomic E-state index is 7.02. The molecule has 0 bridgehead atoms. The minimum Gasteiger partial charge on any atom is -0.371 e. The minimum absolute atomic E-state index is 0.156. The van der Waals surface area contributed by atoms with Gasteiger partial charge in [-0.1, -0.05) is 181 Å². The normalized spacial score (nSPS) is 38.6. The smallest absolute Gasteiger partial charge is 0.0797 e. The van der Waals surface area contributed by atoms with E-state index in [2.05, 4.69) is 135 Å². The number of unbranched alkanes of at least 4 members (excludes halogenated alkanes) is 2. The minimum atomic E-state index is 0.156. The molecule has 0 N–H and O–H groups in total. The molecule has 4 heteroatoms. The number of ether oxygens (including phenoxy) is 2. The molecule has 1 aliphatic heterocycles. The highest BCUT2D eigenvalue weighted by atomic mass is 16.5. The zero-order valence-corrected chi connectivity index (χ0v) is 56.2. The summed E-state index contributed by atoms with van der Waals surface area (Å²) in [6, 6.07) is 2.50. The second-order valence-electron chi connectivity index (χ2n) is 31.3. The third kappa shape index (κ3) is 13.3. The van der Waals surface area contributed by atoms with Crippen molar-refractivity contribution in [3.63, 3.8) is 0 Å². The Kier molecular flexibility index (Phi) is 21.2. The van der Waals surface area contributed by atoms with Crippen LogP contribution in [-0.4, -0.2) is 58.4 Å². The van der Waals surface area contributed by atoms with Gasteiger partial charge < -0.3 is 19.3 Å². The van der Waals surface area contributed by atoms with Gasteiger partial charge in [-0.2, -0.15) is 0 Å². The Morgan fingerprint density at radius 2 is 1.55 bits per heavy atom. The second-order valence-corrected chi connectivity index (χ2v) is 31.3. The van der Waals surface area contributed by atoms with Gasteiger partial charge in [0.25, 0.3) is 0 Å². The van der Waals surface area contributed by atoms with E-state index in [1.807, 2.05) is 28.4 Å². The molecule has 18 unspecified atom stereocenters. The van der Waals surface area contributed by atoms with Crippen LogP contribution in [0.1, 0.15) is 265 Å². The lowest BCUT2D eigenvalue weighted by Gasteiger charge is -2.54. The SMILES string of the molecule is C=CC1=CCC(O[C@H]2CC=C(C3(C4C=CC(CC(CC)CCCC)CC4)C4=C(CCCC4)C4CCC(N(C5=CCC(C6CCC7C(C6)C6=CCCCC6N7C6=CC=CCC6)CC5)C5C=CC(C6C=CC(OC(CC)CCCC)CC6)CC5)CC43)CC2)C=C1. The molecule has 480 valence electrons. The number of hydrogen-bond acceptors (Lipinski definition) is 4. The van der Waals surface area contributed by atoms with Crippen LogP contribution < -0.4 is 0 Å². The van der Waals surface area contributed by atoms with E-state index in [1.54, 1.807) is 11.4 Å². The lowest BCUT2D eigenvalue weighted by molar-refractivity contribution is -0.00449. The Balaban J connectivity index is 0.795. The maximum Gasteiger partial charge on any atom is 0.0797 e. The predicted octanol–water partition coefficient (Wildman–Crippen LogP) is 22.2. The molecule has 12 aliphatic carbocycles. The molecule has 0 amide bonds. The van der Waals surface area contributed by atoms with Crippen LogP contribution in [0.15, 0.2) is 143 Å². The summed E-state index contributed by atoms with van der Waals surface area (Å²) in [5, 5.41) is 0. The van der Waals surface area contributed by atoms with E-state index in [9.17, 15) is 0 Å². The van der Waals surface area contributed by atoms with Crippen molar-refractivity contribution < 1.29 is 9.47 Å². The van der Waals surface area contributed by atoms with E-state index in [0.29, 0.717) is 60.1 Å². The van der Waals surface area contributed by atoms with E-state index in [-0.39, 0.29) is 11.5 Å². The fraction of sp³-hybridized carbons (Fsp3) is 0.714. The van der Waals surface area contributed by atoms with Crippen molar-refractivity contribution in [2.24, 2.45) is 64.6 Å². The molecular formula is C84H122N2O2. The summed E-state index contributed by atoms with van der Waals surface area (Å²) in [4.78, 5) is 6.22. The molecule has 1 heterocycles. The van der Waals surface area contributed by atoms with Gasteiger partial charge in [-0.3, -0.25) is 0 Å². The number of rotatable bonds is 23. The van der Waals surface area contributed by atoms with Crippen LogP contribution in [0.25, 0.3) is 0 Å². The topological polar surface area (TPSA) is 24.9 Å². The standard InChI is InChI=1S/C84H122N2O2/c1-6-11-20-60(9-4)56-61-28-39-66(40-29-61)84(67-41-52-75(53-42-67)88-73-48-30-59(8-3)31-49-73)80-26-18-16-24-76(80)77-54-47-71(58-81(77)84)85(69-43-32-62(33-44-69)63-36-50-74(51-37-63)87-72(10-5)23-12-7-2)70-45-34-64(35-46-70)65-38-55-83-79(57-65)78-25-17-19-27-82(78)86(83)68-21-14-13-15-22-68/h8,13-14,21,25,28,30-32,36,39,41,43,45,48,50,60-66,69,71-75,77,79,81-83H,3,6-7,9-12,15-20,22-24,26-27,29,33-35,37-38,40,42,44,46-47,49,51-58H2,1-2,4-5H3/t60?,61?,62?,63?,64?,65?,66?,69?,71?,72?,73?,74?,75-,77?,79?,81?,82?,83?,84?/m0/s1. The van der Waals surface area contributed by atoms with Gasteiger partial charge in [0.15, 0.2) is 0 Å². The summed E-state index contributed by atoms with van der Waals surface area (Å²) in [7, 11) is 0. The number of hydrogen-bond donors (Lipinski definition) is 0. The van der Waals surface area contributed by atoms with Crippen molar-refractivity contribution in [1.29, 1.82) is 0 Å².